The Kier molecular flexibility index (Phi) is 12.3. The van der Waals surface area contributed by atoms with Crippen molar-refractivity contribution in [2.45, 2.75) is 78.1 Å². The van der Waals surface area contributed by atoms with Gasteiger partial charge in [0, 0.05) is 43.3 Å². The predicted octanol–water partition coefficient (Wildman–Crippen LogP) is 6.49. The molecule has 1 atom stereocenters. The number of carbonyl (C=O) groups excluding carboxylic acids is 2. The molecule has 6 rings (SSSR count). The van der Waals surface area contributed by atoms with Crippen molar-refractivity contribution < 1.29 is 22.8 Å². The molecule has 3 aromatic rings. The Balaban J connectivity index is 0.000000168. The van der Waals surface area contributed by atoms with E-state index in [1.54, 1.807) is 22.7 Å². The van der Waals surface area contributed by atoms with Crippen LogP contribution in [-0.2, 0) is 9.59 Å². The number of pyridine rings is 1. The molecule has 0 unspecified atom stereocenters. The van der Waals surface area contributed by atoms with Gasteiger partial charge in [-0.2, -0.15) is 13.2 Å². The highest BCUT2D eigenvalue weighted by Crippen LogP contribution is 2.55. The van der Waals surface area contributed by atoms with E-state index < -0.39 is 11.6 Å². The zero-order valence-electron chi connectivity index (χ0n) is 27.1. The van der Waals surface area contributed by atoms with Gasteiger partial charge in [-0.25, -0.2) is 15.0 Å². The Morgan fingerprint density at radius 3 is 2.28 bits per heavy atom. The third-order valence-corrected chi connectivity index (χ3v) is 10.6. The molecule has 9 nitrogen and oxygen atoms in total. The number of hydrogen-bond donors (Lipinski definition) is 1. The van der Waals surface area contributed by atoms with Crippen LogP contribution in [0.1, 0.15) is 55.3 Å². The molecule has 0 aromatic carbocycles. The van der Waals surface area contributed by atoms with E-state index in [-0.39, 0.29) is 19.1 Å². The van der Waals surface area contributed by atoms with Gasteiger partial charge >= 0.3 is 6.18 Å². The first kappa shape index (κ1) is 35.9. The Morgan fingerprint density at radius 2 is 1.78 bits per heavy atom. The zero-order chi connectivity index (χ0) is 33.5. The largest absolute Gasteiger partial charge is 0.401 e. The summed E-state index contributed by atoms with van der Waals surface area (Å²) in [4.78, 5) is 42.3. The number of aryl methyl sites for hydroxylation is 3. The van der Waals surface area contributed by atoms with Crippen molar-refractivity contribution in [2.75, 3.05) is 45.1 Å². The monoisotopic (exact) mass is 679 g/mol. The average Bonchev–Trinajstić information content (AvgIpc) is 3.62. The summed E-state index contributed by atoms with van der Waals surface area (Å²) in [5.41, 5.74) is 1.21. The Bertz CT molecular complexity index is 1420. The van der Waals surface area contributed by atoms with E-state index in [0.717, 1.165) is 76.3 Å². The number of anilines is 2. The number of piperazine rings is 1. The molecule has 46 heavy (non-hydrogen) atoms. The van der Waals surface area contributed by atoms with E-state index in [4.69, 9.17) is 0 Å². The third-order valence-electron chi connectivity index (χ3n) is 8.74. The molecule has 3 aromatic heterocycles. The maximum Gasteiger partial charge on any atom is 0.401 e. The summed E-state index contributed by atoms with van der Waals surface area (Å²) in [6.07, 6.45) is 2.15. The minimum absolute atomic E-state index is 0.00694. The van der Waals surface area contributed by atoms with Gasteiger partial charge < -0.3 is 19.9 Å². The van der Waals surface area contributed by atoms with E-state index in [1.807, 2.05) is 44.0 Å². The topological polar surface area (TPSA) is 94.6 Å². The van der Waals surface area contributed by atoms with Crippen LogP contribution in [0, 0.1) is 26.2 Å². The van der Waals surface area contributed by atoms with Crippen molar-refractivity contribution in [2.24, 2.45) is 5.41 Å². The second-order valence-electron chi connectivity index (χ2n) is 12.2. The van der Waals surface area contributed by atoms with Crippen LogP contribution in [0.2, 0.25) is 0 Å². The zero-order valence-corrected chi connectivity index (χ0v) is 28.8. The van der Waals surface area contributed by atoms with Gasteiger partial charge in [0.1, 0.15) is 17.5 Å². The number of amides is 1. The molecule has 252 valence electrons. The standard InChI is InChI=1S/C14H14N4S2.C13H25N3O.C5H5F3O/c1-8-4-5-12(15-6-8)18-14-17-11(7-19-14)13-9(2)16-10(3)20-13;1-3-12-10-15(8-9-16(12)11-17)13-4-6-14(2)7-5-13;6-5(7,8)4(3-9)1-2-4/h4-7H,1-3H3,(H,15,17,18);11-13H,3-10H2,1-2H3;3H,1-2H2/t;12-;/m.0./s1. The molecule has 1 amide bonds. The lowest BCUT2D eigenvalue weighted by atomic mass is 10.0. The van der Waals surface area contributed by atoms with Crippen LogP contribution in [-0.4, -0.2) is 100 Å². The fourth-order valence-electron chi connectivity index (χ4n) is 5.55. The fourth-order valence-corrected chi connectivity index (χ4v) is 7.21. The maximum atomic E-state index is 11.7. The summed E-state index contributed by atoms with van der Waals surface area (Å²) in [5, 5.41) is 7.20. The first-order valence-electron chi connectivity index (χ1n) is 15.6. The number of aldehydes is 1. The summed E-state index contributed by atoms with van der Waals surface area (Å²) >= 11 is 3.26. The number of thiazole rings is 2. The minimum Gasteiger partial charge on any atom is -0.340 e. The van der Waals surface area contributed by atoms with Crippen molar-refractivity contribution in [1.82, 2.24) is 29.7 Å². The first-order valence-corrected chi connectivity index (χ1v) is 17.3. The van der Waals surface area contributed by atoms with Crippen LogP contribution in [0.25, 0.3) is 10.6 Å². The van der Waals surface area contributed by atoms with E-state index >= 15 is 0 Å². The molecule has 1 aliphatic carbocycles. The number of alkyl halides is 3. The van der Waals surface area contributed by atoms with E-state index in [2.05, 4.69) is 49.4 Å². The van der Waals surface area contributed by atoms with Crippen LogP contribution >= 0.6 is 22.7 Å². The number of likely N-dealkylation sites (tertiary alicyclic amines) is 1. The van der Waals surface area contributed by atoms with E-state index in [0.29, 0.717) is 6.04 Å². The van der Waals surface area contributed by atoms with Crippen molar-refractivity contribution in [3.63, 3.8) is 0 Å². The van der Waals surface area contributed by atoms with Crippen LogP contribution < -0.4 is 5.32 Å². The minimum atomic E-state index is -4.31. The SMILES string of the molecule is CC[C@H]1CN(C2CCN(C)CC2)CCN1C=O.Cc1ccc(Nc2nc(-c3sc(C)nc3C)cs2)nc1.O=CC1(C(F)(F)F)CC1. The van der Waals surface area contributed by atoms with E-state index in [9.17, 15) is 22.8 Å². The fraction of sp³-hybridized carbons (Fsp3) is 0.594. The van der Waals surface area contributed by atoms with Gasteiger partial charge in [0.05, 0.1) is 21.3 Å². The molecule has 2 aliphatic heterocycles. The second kappa shape index (κ2) is 15.8. The summed E-state index contributed by atoms with van der Waals surface area (Å²) in [6, 6.07) is 5.16. The maximum absolute atomic E-state index is 11.7. The van der Waals surface area contributed by atoms with Gasteiger partial charge in [-0.1, -0.05) is 13.0 Å². The lowest BCUT2D eigenvalue weighted by Crippen LogP contribution is -2.56. The van der Waals surface area contributed by atoms with Crippen LogP contribution in [0.4, 0.5) is 24.1 Å². The van der Waals surface area contributed by atoms with Crippen LogP contribution in [0.5, 0.6) is 0 Å². The highest BCUT2D eigenvalue weighted by molar-refractivity contribution is 7.16. The number of nitrogens with zero attached hydrogens (tertiary/aromatic N) is 6. The molecule has 5 heterocycles. The number of rotatable bonds is 7. The summed E-state index contributed by atoms with van der Waals surface area (Å²) < 4.78 is 35.0. The number of halogens is 3. The molecule has 14 heteroatoms. The number of carbonyl (C=O) groups is 2. The molecule has 0 radical (unpaired) electrons. The van der Waals surface area contributed by atoms with Gasteiger partial charge in [-0.15, -0.1) is 22.7 Å². The molecule has 1 saturated carbocycles. The van der Waals surface area contributed by atoms with E-state index in [1.165, 1.54) is 25.9 Å². The lowest BCUT2D eigenvalue weighted by molar-refractivity contribution is -0.183. The Hall–Kier alpha value is -2.94. The Labute approximate surface area is 277 Å². The van der Waals surface area contributed by atoms with Gasteiger partial charge in [-0.05, 0) is 84.6 Å². The normalized spacial score (nSPS) is 20.2. The van der Waals surface area contributed by atoms with Crippen molar-refractivity contribution >= 4 is 46.3 Å². The molecule has 0 bridgehead atoms. The predicted molar refractivity (Wildman–Crippen MR) is 178 cm³/mol. The smallest absolute Gasteiger partial charge is 0.340 e. The summed E-state index contributed by atoms with van der Waals surface area (Å²) in [7, 11) is 2.20. The van der Waals surface area contributed by atoms with Gasteiger partial charge in [0.25, 0.3) is 0 Å². The molecular weight excluding hydrogens is 636 g/mol. The van der Waals surface area contributed by atoms with Crippen molar-refractivity contribution in [3.05, 3.63) is 40.0 Å². The van der Waals surface area contributed by atoms with Crippen LogP contribution in [0.15, 0.2) is 23.7 Å². The second-order valence-corrected chi connectivity index (χ2v) is 14.3. The molecule has 2 saturated heterocycles. The molecular formula is C32H44F3N7O2S2. The quantitative estimate of drug-likeness (QED) is 0.284. The molecule has 3 aliphatic rings. The first-order chi connectivity index (χ1) is 21.9. The van der Waals surface area contributed by atoms with Gasteiger partial charge in [-0.3, -0.25) is 9.69 Å². The molecule has 3 fully saturated rings. The van der Waals surface area contributed by atoms with Crippen LogP contribution in [0.3, 0.4) is 0 Å². The average molecular weight is 680 g/mol. The molecule has 0 spiro atoms. The van der Waals surface area contributed by atoms with Crippen molar-refractivity contribution in [1.29, 1.82) is 0 Å². The number of piperidine rings is 1. The number of hydrogen-bond acceptors (Lipinski definition) is 10. The molecule has 1 N–H and O–H groups in total. The highest BCUT2D eigenvalue weighted by Gasteiger charge is 2.63. The summed E-state index contributed by atoms with van der Waals surface area (Å²) in [6.45, 7) is 13.7. The Morgan fingerprint density at radius 1 is 1.07 bits per heavy atom. The lowest BCUT2D eigenvalue weighted by Gasteiger charge is -2.45. The van der Waals surface area contributed by atoms with Gasteiger partial charge in [0.2, 0.25) is 6.41 Å². The summed E-state index contributed by atoms with van der Waals surface area (Å²) in [5.74, 6) is 0.814. The van der Waals surface area contributed by atoms with Gasteiger partial charge in [0.15, 0.2) is 5.13 Å². The number of nitrogens with one attached hydrogen (secondary N) is 1. The number of aromatic nitrogens is 3. The highest BCUT2D eigenvalue weighted by atomic mass is 32.1. The third kappa shape index (κ3) is 9.33. The van der Waals surface area contributed by atoms with Crippen molar-refractivity contribution in [3.8, 4) is 10.6 Å².